The number of aromatic nitrogens is 3. The summed E-state index contributed by atoms with van der Waals surface area (Å²) in [7, 11) is 2.09. The van der Waals surface area contributed by atoms with E-state index in [0.717, 1.165) is 64.2 Å². The normalized spacial score (nSPS) is 24.9. The van der Waals surface area contributed by atoms with Gasteiger partial charge >= 0.3 is 0 Å². The van der Waals surface area contributed by atoms with E-state index < -0.39 is 0 Å². The summed E-state index contributed by atoms with van der Waals surface area (Å²) in [5, 5.41) is 6.86. The number of nitrogens with zero attached hydrogens (tertiary/aromatic N) is 4. The van der Waals surface area contributed by atoms with Crippen molar-refractivity contribution >= 4 is 0 Å². The molecule has 5 rings (SSSR count). The number of hydrogen-bond donors (Lipinski definition) is 1. The van der Waals surface area contributed by atoms with Crippen molar-refractivity contribution in [3.05, 3.63) is 51.7 Å². The molecular weight excluding hydrogens is 378 g/mol. The first-order valence-corrected chi connectivity index (χ1v) is 11.4. The third-order valence-corrected chi connectivity index (χ3v) is 7.20. The van der Waals surface area contributed by atoms with Gasteiger partial charge < -0.3 is 14.2 Å². The molecule has 7 heteroatoms. The van der Waals surface area contributed by atoms with Gasteiger partial charge in [0.2, 0.25) is 0 Å². The predicted molar refractivity (Wildman–Crippen MR) is 116 cm³/mol. The van der Waals surface area contributed by atoms with Gasteiger partial charge in [0.15, 0.2) is 0 Å². The number of aromatic amines is 1. The molecule has 5 heterocycles. The minimum atomic E-state index is 0.219. The van der Waals surface area contributed by atoms with E-state index in [2.05, 4.69) is 43.7 Å². The van der Waals surface area contributed by atoms with Crippen molar-refractivity contribution in [2.24, 2.45) is 5.92 Å². The fraction of sp³-hybridized carbons (Fsp3) is 0.652. The van der Waals surface area contributed by atoms with Crippen molar-refractivity contribution in [2.45, 2.75) is 50.7 Å². The summed E-state index contributed by atoms with van der Waals surface area (Å²) in [6.45, 7) is 6.48. The van der Waals surface area contributed by atoms with Crippen molar-refractivity contribution in [2.75, 3.05) is 39.9 Å². The van der Waals surface area contributed by atoms with Gasteiger partial charge in [-0.1, -0.05) is 6.07 Å². The maximum Gasteiger partial charge on any atom is 0.255 e. The maximum atomic E-state index is 13.3. The fourth-order valence-electron chi connectivity index (χ4n) is 5.60. The topological polar surface area (TPSA) is 66.4 Å². The summed E-state index contributed by atoms with van der Waals surface area (Å²) in [6, 6.07) is 4.97. The van der Waals surface area contributed by atoms with Crippen LogP contribution in [0.5, 0.6) is 0 Å². The Hall–Kier alpha value is -1.96. The Kier molecular flexibility index (Phi) is 5.76. The first-order valence-electron chi connectivity index (χ1n) is 11.4. The van der Waals surface area contributed by atoms with Crippen LogP contribution in [0.4, 0.5) is 0 Å². The molecule has 2 aromatic heterocycles. The van der Waals surface area contributed by atoms with Crippen LogP contribution in [0.25, 0.3) is 0 Å². The van der Waals surface area contributed by atoms with Crippen LogP contribution in [0.1, 0.15) is 42.0 Å². The highest BCUT2D eigenvalue weighted by molar-refractivity contribution is 5.22. The number of pyridine rings is 1. The number of rotatable bonds is 6. The Morgan fingerprint density at radius 1 is 1.23 bits per heavy atom. The van der Waals surface area contributed by atoms with Crippen LogP contribution in [-0.4, -0.2) is 70.5 Å². The maximum absolute atomic E-state index is 13.3. The summed E-state index contributed by atoms with van der Waals surface area (Å²) in [5.41, 5.74) is 3.58. The second-order valence-electron chi connectivity index (χ2n) is 9.39. The van der Waals surface area contributed by atoms with Crippen molar-refractivity contribution in [1.29, 1.82) is 0 Å². The molecular formula is C23H33N5O2. The van der Waals surface area contributed by atoms with E-state index >= 15 is 0 Å². The molecule has 7 nitrogen and oxygen atoms in total. The molecule has 0 saturated carbocycles. The average molecular weight is 412 g/mol. The third-order valence-electron chi connectivity index (χ3n) is 7.20. The first-order chi connectivity index (χ1) is 14.7. The van der Waals surface area contributed by atoms with Gasteiger partial charge in [0.05, 0.1) is 6.20 Å². The quantitative estimate of drug-likeness (QED) is 0.786. The van der Waals surface area contributed by atoms with Gasteiger partial charge in [0.1, 0.15) is 0 Å². The molecule has 2 saturated heterocycles. The number of likely N-dealkylation sites (N-methyl/N-ethyl adjacent to an activating group) is 1. The van der Waals surface area contributed by atoms with Gasteiger partial charge in [-0.15, -0.1) is 0 Å². The molecule has 3 aliphatic rings. The highest BCUT2D eigenvalue weighted by Gasteiger charge is 2.37. The molecule has 2 bridgehead atoms. The molecule has 0 amide bonds. The van der Waals surface area contributed by atoms with Crippen LogP contribution in [0.15, 0.2) is 29.3 Å². The second kappa shape index (κ2) is 8.65. The summed E-state index contributed by atoms with van der Waals surface area (Å²) in [6.07, 6.45) is 8.26. The van der Waals surface area contributed by atoms with Gasteiger partial charge in [-0.3, -0.25) is 14.8 Å². The monoisotopic (exact) mass is 411 g/mol. The highest BCUT2D eigenvalue weighted by Crippen LogP contribution is 2.37. The lowest BCUT2D eigenvalue weighted by Gasteiger charge is -2.46. The smallest absolute Gasteiger partial charge is 0.255 e. The Balaban J connectivity index is 1.27. The van der Waals surface area contributed by atoms with Crippen LogP contribution >= 0.6 is 0 Å². The molecule has 0 aliphatic carbocycles. The highest BCUT2D eigenvalue weighted by atomic mass is 16.5. The molecule has 1 N–H and O–H groups in total. The Bertz CT molecular complexity index is 903. The summed E-state index contributed by atoms with van der Waals surface area (Å²) in [5.74, 6) is 1.08. The van der Waals surface area contributed by atoms with Crippen LogP contribution in [-0.2, 0) is 24.2 Å². The number of fused-ring (bicyclic) bond motifs is 4. The van der Waals surface area contributed by atoms with E-state index in [4.69, 9.17) is 4.74 Å². The van der Waals surface area contributed by atoms with Gasteiger partial charge in [-0.05, 0) is 50.3 Å². The van der Waals surface area contributed by atoms with Crippen molar-refractivity contribution < 1.29 is 4.74 Å². The number of likely N-dealkylation sites (tertiary alicyclic amines) is 1. The minimum Gasteiger partial charge on any atom is -0.381 e. The molecule has 2 fully saturated rings. The van der Waals surface area contributed by atoms with Crippen molar-refractivity contribution in [3.8, 4) is 0 Å². The van der Waals surface area contributed by atoms with E-state index in [0.29, 0.717) is 24.4 Å². The zero-order valence-electron chi connectivity index (χ0n) is 17.9. The van der Waals surface area contributed by atoms with Gasteiger partial charge in [-0.2, -0.15) is 5.10 Å². The largest absolute Gasteiger partial charge is 0.381 e. The van der Waals surface area contributed by atoms with Crippen molar-refractivity contribution in [3.63, 3.8) is 0 Å². The lowest BCUT2D eigenvalue weighted by atomic mass is 9.82. The van der Waals surface area contributed by atoms with Crippen LogP contribution in [0.3, 0.4) is 0 Å². The van der Waals surface area contributed by atoms with E-state index in [1.807, 2.05) is 12.4 Å². The molecule has 0 unspecified atom stereocenters. The van der Waals surface area contributed by atoms with Crippen LogP contribution < -0.4 is 5.56 Å². The van der Waals surface area contributed by atoms with Crippen LogP contribution in [0.2, 0.25) is 0 Å². The molecule has 162 valence electrons. The van der Waals surface area contributed by atoms with E-state index in [9.17, 15) is 4.79 Å². The minimum absolute atomic E-state index is 0.219. The van der Waals surface area contributed by atoms with Gasteiger partial charge in [-0.25, -0.2) is 0 Å². The third kappa shape index (κ3) is 4.11. The molecule has 0 aromatic carbocycles. The number of ether oxygens (including phenoxy) is 1. The zero-order chi connectivity index (χ0) is 20.5. The molecule has 2 atom stereocenters. The fourth-order valence-corrected chi connectivity index (χ4v) is 5.60. The SMILES string of the molecule is CN(CCc1cn[nH]c1)Cc1ccc2n(c1=O)C[C@H]1C[C@@H]2CN(C2CCOCC2)C1. The predicted octanol–water partition coefficient (Wildman–Crippen LogP) is 1.84. The molecule has 0 radical (unpaired) electrons. The van der Waals surface area contributed by atoms with Gasteiger partial charge in [0, 0.05) is 75.4 Å². The molecule has 3 aliphatic heterocycles. The van der Waals surface area contributed by atoms with Crippen molar-refractivity contribution in [1.82, 2.24) is 24.6 Å². The average Bonchev–Trinajstić information content (AvgIpc) is 3.29. The molecule has 30 heavy (non-hydrogen) atoms. The van der Waals surface area contributed by atoms with E-state index in [-0.39, 0.29) is 5.56 Å². The molecule has 2 aromatic rings. The number of H-pyrrole nitrogens is 1. The van der Waals surface area contributed by atoms with E-state index in [1.54, 1.807) is 0 Å². The number of hydrogen-bond acceptors (Lipinski definition) is 5. The number of nitrogens with one attached hydrogen (secondary N) is 1. The first kappa shape index (κ1) is 20.0. The Labute approximate surface area is 178 Å². The number of piperidine rings is 1. The van der Waals surface area contributed by atoms with Crippen LogP contribution in [0, 0.1) is 5.92 Å². The Morgan fingerprint density at radius 2 is 2.10 bits per heavy atom. The van der Waals surface area contributed by atoms with E-state index in [1.165, 1.54) is 17.7 Å². The second-order valence-corrected chi connectivity index (χ2v) is 9.39. The molecule has 0 spiro atoms. The summed E-state index contributed by atoms with van der Waals surface area (Å²) >= 11 is 0. The lowest BCUT2D eigenvalue weighted by molar-refractivity contribution is 0.00583. The lowest BCUT2D eigenvalue weighted by Crippen LogP contribution is -2.52. The summed E-state index contributed by atoms with van der Waals surface area (Å²) in [4.78, 5) is 18.2. The standard InChI is InChI=1S/C23H33N5O2/c1-26(7-4-17-11-24-25-12-17)15-19-2-3-22-20-10-18(14-28(22)23(19)29)13-27(16-20)21-5-8-30-9-6-21/h2-3,11-12,18,20-21H,4-10,13-16H2,1H3,(H,24,25)/t18-,20+/m0/s1. The van der Waals surface area contributed by atoms with Gasteiger partial charge in [0.25, 0.3) is 5.56 Å². The Morgan fingerprint density at radius 3 is 2.90 bits per heavy atom. The summed E-state index contributed by atoms with van der Waals surface area (Å²) < 4.78 is 7.66. The zero-order valence-corrected chi connectivity index (χ0v) is 17.9.